The van der Waals surface area contributed by atoms with Gasteiger partial charge in [0.25, 0.3) is 0 Å². The molecule has 1 aliphatic heterocycles. The number of fused-ring (bicyclic) bond motifs is 1. The van der Waals surface area contributed by atoms with Crippen molar-refractivity contribution in [2.24, 2.45) is 0 Å². The van der Waals surface area contributed by atoms with Crippen LogP contribution >= 0.6 is 0 Å². The molecule has 1 aliphatic carbocycles. The van der Waals surface area contributed by atoms with Gasteiger partial charge in [-0.2, -0.15) is 15.1 Å². The Hall–Kier alpha value is -3.10. The average Bonchev–Trinajstić information content (AvgIpc) is 3.39. The van der Waals surface area contributed by atoms with Gasteiger partial charge in [-0.1, -0.05) is 6.92 Å². The van der Waals surface area contributed by atoms with E-state index >= 15 is 0 Å². The van der Waals surface area contributed by atoms with E-state index in [9.17, 15) is 4.79 Å². The highest BCUT2D eigenvalue weighted by molar-refractivity contribution is 5.91. The number of carbonyl (C=O) groups is 1. The smallest absolute Gasteiger partial charge is 0.231 e. The van der Waals surface area contributed by atoms with Gasteiger partial charge < -0.3 is 20.5 Å². The number of carbonyl (C=O) groups excluding carboxylic acids is 1. The van der Waals surface area contributed by atoms with E-state index in [0.717, 1.165) is 47.5 Å². The van der Waals surface area contributed by atoms with Crippen LogP contribution in [0.15, 0.2) is 18.6 Å². The lowest BCUT2D eigenvalue weighted by Crippen LogP contribution is -2.45. The lowest BCUT2D eigenvalue weighted by molar-refractivity contribution is -0.128. The molecule has 2 fully saturated rings. The molecule has 1 saturated heterocycles. The number of H-pyrrole nitrogens is 1. The van der Waals surface area contributed by atoms with Crippen molar-refractivity contribution in [3.05, 3.63) is 30.6 Å². The number of hydrogen-bond acceptors (Lipinski definition) is 6. The number of aromatic nitrogens is 5. The van der Waals surface area contributed by atoms with Crippen LogP contribution in [0.2, 0.25) is 0 Å². The van der Waals surface area contributed by atoms with Gasteiger partial charge in [-0.3, -0.25) is 9.48 Å². The van der Waals surface area contributed by atoms with Crippen molar-refractivity contribution in [1.29, 1.82) is 0 Å². The van der Waals surface area contributed by atoms with Crippen LogP contribution < -0.4 is 10.6 Å². The molecule has 3 N–H and O–H groups in total. The third-order valence-electron chi connectivity index (χ3n) is 5.83. The lowest BCUT2D eigenvalue weighted by atomic mass is 10.0. The van der Waals surface area contributed by atoms with Gasteiger partial charge in [0.2, 0.25) is 11.9 Å². The molecule has 9 nitrogen and oxygen atoms in total. The normalized spacial score (nSPS) is 19.3. The monoisotopic (exact) mass is 407 g/mol. The second kappa shape index (κ2) is 7.62. The second-order valence-corrected chi connectivity index (χ2v) is 8.21. The fourth-order valence-corrected chi connectivity index (χ4v) is 4.09. The first-order chi connectivity index (χ1) is 14.6. The number of nitrogens with one attached hydrogen (secondary N) is 3. The highest BCUT2D eigenvalue weighted by Gasteiger charge is 2.25. The fourth-order valence-electron chi connectivity index (χ4n) is 4.09. The molecule has 0 bridgehead atoms. The van der Waals surface area contributed by atoms with Crippen LogP contribution in [0.5, 0.6) is 0 Å². The third-order valence-corrected chi connectivity index (χ3v) is 5.83. The molecule has 1 saturated carbocycles. The predicted octanol–water partition coefficient (Wildman–Crippen LogP) is 3.17. The van der Waals surface area contributed by atoms with Crippen LogP contribution in [0, 0.1) is 13.3 Å². The van der Waals surface area contributed by atoms with Crippen LogP contribution in [0.3, 0.4) is 0 Å². The number of piperidine rings is 1. The summed E-state index contributed by atoms with van der Waals surface area (Å²) in [6.45, 7) is 5.32. The Labute approximate surface area is 175 Å². The van der Waals surface area contributed by atoms with E-state index in [1.165, 1.54) is 12.8 Å². The maximum absolute atomic E-state index is 12.1. The highest BCUT2D eigenvalue weighted by atomic mass is 16.2. The van der Waals surface area contributed by atoms with E-state index in [4.69, 9.17) is 4.98 Å². The molecule has 2 aliphatic rings. The van der Waals surface area contributed by atoms with Gasteiger partial charge >= 0.3 is 0 Å². The van der Waals surface area contributed by atoms with E-state index in [2.05, 4.69) is 25.7 Å². The quantitative estimate of drug-likeness (QED) is 0.580. The summed E-state index contributed by atoms with van der Waals surface area (Å²) in [6.07, 6.45) is 11.7. The SMILES string of the molecule is C[CH]C(=O)N1CCC[C@@H](Nc2nc(Nc3cnn(C4CC4)c3)nc3[nH]cc(C)c23)C1. The number of amides is 1. The minimum absolute atomic E-state index is 0.0854. The molecule has 1 atom stereocenters. The van der Waals surface area contributed by atoms with E-state index in [0.29, 0.717) is 18.5 Å². The van der Waals surface area contributed by atoms with Crippen LogP contribution in [-0.4, -0.2) is 54.7 Å². The number of likely N-dealkylation sites (tertiary alicyclic amines) is 1. The molecule has 1 radical (unpaired) electrons. The van der Waals surface area contributed by atoms with E-state index in [1.807, 2.05) is 35.1 Å². The minimum Gasteiger partial charge on any atom is -0.365 e. The molecule has 157 valence electrons. The summed E-state index contributed by atoms with van der Waals surface area (Å²) in [7, 11) is 0. The Morgan fingerprint density at radius 2 is 2.17 bits per heavy atom. The van der Waals surface area contributed by atoms with Crippen molar-refractivity contribution >= 4 is 34.4 Å². The van der Waals surface area contributed by atoms with E-state index < -0.39 is 0 Å². The van der Waals surface area contributed by atoms with Gasteiger partial charge in [0.1, 0.15) is 11.5 Å². The molecule has 3 aromatic rings. The summed E-state index contributed by atoms with van der Waals surface area (Å²) in [6, 6.07) is 0.685. The van der Waals surface area contributed by atoms with Crippen LogP contribution in [-0.2, 0) is 4.79 Å². The Bertz CT molecular complexity index is 1070. The molecule has 5 rings (SSSR count). The Kier molecular flexibility index (Phi) is 4.80. The van der Waals surface area contributed by atoms with Crippen molar-refractivity contribution in [2.45, 2.75) is 51.6 Å². The van der Waals surface area contributed by atoms with Crippen molar-refractivity contribution in [1.82, 2.24) is 29.6 Å². The van der Waals surface area contributed by atoms with Gasteiger partial charge in [0.15, 0.2) is 0 Å². The average molecular weight is 408 g/mol. The zero-order valence-corrected chi connectivity index (χ0v) is 17.4. The zero-order valence-electron chi connectivity index (χ0n) is 17.4. The summed E-state index contributed by atoms with van der Waals surface area (Å²) in [5, 5.41) is 12.3. The first-order valence-electron chi connectivity index (χ1n) is 10.6. The van der Waals surface area contributed by atoms with Crippen LogP contribution in [0.4, 0.5) is 17.5 Å². The summed E-state index contributed by atoms with van der Waals surface area (Å²) >= 11 is 0. The second-order valence-electron chi connectivity index (χ2n) is 8.21. The lowest BCUT2D eigenvalue weighted by Gasteiger charge is -2.33. The summed E-state index contributed by atoms with van der Waals surface area (Å²) in [5.74, 6) is 1.39. The largest absolute Gasteiger partial charge is 0.365 e. The maximum atomic E-state index is 12.1. The number of rotatable bonds is 6. The number of anilines is 3. The van der Waals surface area contributed by atoms with E-state index in [1.54, 1.807) is 13.3 Å². The summed E-state index contributed by atoms with van der Waals surface area (Å²) < 4.78 is 2.00. The molecule has 1 amide bonds. The standard InChI is InChI=1S/C21H27N8O/c1-3-17(30)28-8-4-5-14(11-28)24-20-18-13(2)9-22-19(18)26-21(27-20)25-15-10-23-29(12-15)16-6-7-16/h3,9-10,12,14,16H,4-8,11H2,1-2H3,(H3,22,24,25,26,27)/t14-/m1/s1. The number of aryl methyl sites for hydroxylation is 1. The van der Waals surface area contributed by atoms with Gasteiger partial charge in [-0.05, 0) is 38.2 Å². The summed E-state index contributed by atoms with van der Waals surface area (Å²) in [4.78, 5) is 26.7. The third kappa shape index (κ3) is 3.71. The van der Waals surface area contributed by atoms with E-state index in [-0.39, 0.29) is 11.9 Å². The Balaban J connectivity index is 1.40. The van der Waals surface area contributed by atoms with Crippen molar-refractivity contribution in [3.63, 3.8) is 0 Å². The predicted molar refractivity (Wildman–Crippen MR) is 116 cm³/mol. The highest BCUT2D eigenvalue weighted by Crippen LogP contribution is 2.35. The molecular weight excluding hydrogens is 380 g/mol. The van der Waals surface area contributed by atoms with Gasteiger partial charge in [-0.15, -0.1) is 0 Å². The molecular formula is C21H27N8O. The Morgan fingerprint density at radius 1 is 1.30 bits per heavy atom. The zero-order chi connectivity index (χ0) is 20.7. The van der Waals surface area contributed by atoms with Crippen molar-refractivity contribution < 1.29 is 4.79 Å². The van der Waals surface area contributed by atoms with Crippen LogP contribution in [0.25, 0.3) is 11.0 Å². The minimum atomic E-state index is 0.0854. The molecule has 0 unspecified atom stereocenters. The first kappa shape index (κ1) is 18.9. The van der Waals surface area contributed by atoms with Gasteiger partial charge in [0, 0.05) is 37.9 Å². The maximum Gasteiger partial charge on any atom is 0.231 e. The fraction of sp³-hybridized carbons (Fsp3) is 0.476. The number of hydrogen-bond donors (Lipinski definition) is 3. The van der Waals surface area contributed by atoms with Crippen molar-refractivity contribution in [2.75, 3.05) is 23.7 Å². The van der Waals surface area contributed by atoms with Gasteiger partial charge in [0.05, 0.1) is 23.3 Å². The first-order valence-corrected chi connectivity index (χ1v) is 10.6. The van der Waals surface area contributed by atoms with Crippen LogP contribution in [0.1, 0.15) is 44.2 Å². The number of aromatic amines is 1. The summed E-state index contributed by atoms with van der Waals surface area (Å²) in [5.41, 5.74) is 2.75. The molecule has 30 heavy (non-hydrogen) atoms. The molecule has 3 aromatic heterocycles. The molecule has 9 heteroatoms. The topological polar surface area (TPSA) is 104 Å². The number of nitrogens with zero attached hydrogens (tertiary/aromatic N) is 5. The molecule has 0 aromatic carbocycles. The molecule has 0 spiro atoms. The van der Waals surface area contributed by atoms with Crippen molar-refractivity contribution in [3.8, 4) is 0 Å². The molecule has 4 heterocycles. The van der Waals surface area contributed by atoms with Gasteiger partial charge in [-0.25, -0.2) is 0 Å². The Morgan fingerprint density at radius 3 is 2.97 bits per heavy atom.